The summed E-state index contributed by atoms with van der Waals surface area (Å²) < 4.78 is 15.0. The minimum Gasteiger partial charge on any atom is -0.207 e. The van der Waals surface area contributed by atoms with Gasteiger partial charge < -0.3 is 0 Å². The van der Waals surface area contributed by atoms with E-state index in [1.54, 1.807) is 6.07 Å². The fourth-order valence-corrected chi connectivity index (χ4v) is 4.78. The molecule has 5 aromatic carbocycles. The van der Waals surface area contributed by atoms with Crippen LogP contribution in [0.3, 0.4) is 0 Å². The molecule has 1 heteroatoms. The maximum Gasteiger partial charge on any atom is 0.127 e. The smallest absolute Gasteiger partial charge is 0.127 e. The van der Waals surface area contributed by atoms with Crippen LogP contribution in [-0.2, 0) is 0 Å². The highest BCUT2D eigenvalue weighted by atomic mass is 19.1. The number of halogens is 1. The van der Waals surface area contributed by atoms with Gasteiger partial charge in [-0.05, 0) is 62.0 Å². The van der Waals surface area contributed by atoms with Gasteiger partial charge in [0.1, 0.15) is 5.82 Å². The Hall–Kier alpha value is -3.45. The summed E-state index contributed by atoms with van der Waals surface area (Å²) in [5.74, 6) is -0.214. The molecule has 0 heterocycles. The lowest BCUT2D eigenvalue weighted by Crippen LogP contribution is -2.02. The van der Waals surface area contributed by atoms with E-state index in [9.17, 15) is 0 Å². The summed E-state index contributed by atoms with van der Waals surface area (Å²) in [5, 5.41) is 4.82. The zero-order chi connectivity index (χ0) is 18.7. The first-order valence-corrected chi connectivity index (χ1v) is 9.60. The maximum absolute atomic E-state index is 15.0. The average Bonchev–Trinajstić information content (AvgIpc) is 3.08. The van der Waals surface area contributed by atoms with E-state index in [0.29, 0.717) is 0 Å². The van der Waals surface area contributed by atoms with Crippen LogP contribution in [0.2, 0.25) is 0 Å². The third-order valence-corrected chi connectivity index (χ3v) is 5.99. The molecule has 0 nitrogen and oxygen atoms in total. The van der Waals surface area contributed by atoms with Crippen molar-refractivity contribution < 1.29 is 4.39 Å². The van der Waals surface area contributed by atoms with Crippen LogP contribution in [0.1, 0.15) is 22.6 Å². The maximum atomic E-state index is 15.0. The summed E-state index contributed by atoms with van der Waals surface area (Å²) >= 11 is 0. The molecule has 0 fully saturated rings. The fraction of sp³-hybridized carbons (Fsp3) is 0.0370. The summed E-state index contributed by atoms with van der Waals surface area (Å²) in [4.78, 5) is 0. The molecule has 5 aromatic rings. The quantitative estimate of drug-likeness (QED) is 0.270. The zero-order valence-corrected chi connectivity index (χ0v) is 15.2. The monoisotopic (exact) mass is 360 g/mol. The summed E-state index contributed by atoms with van der Waals surface area (Å²) in [6, 6.07) is 33.1. The third kappa shape index (κ3) is 2.10. The summed E-state index contributed by atoms with van der Waals surface area (Å²) in [6.45, 7) is 0. The molecule has 0 saturated carbocycles. The van der Waals surface area contributed by atoms with Crippen LogP contribution < -0.4 is 0 Å². The van der Waals surface area contributed by atoms with E-state index in [4.69, 9.17) is 0 Å². The average molecular weight is 360 g/mol. The molecule has 0 amide bonds. The van der Waals surface area contributed by atoms with Crippen molar-refractivity contribution in [1.29, 1.82) is 0 Å². The fourth-order valence-electron chi connectivity index (χ4n) is 4.78. The molecular formula is C27H17F. The lowest BCUT2D eigenvalue weighted by atomic mass is 9.85. The van der Waals surface area contributed by atoms with Crippen molar-refractivity contribution in [2.45, 2.75) is 5.92 Å². The third-order valence-electron chi connectivity index (χ3n) is 5.99. The molecule has 0 spiro atoms. The Balaban J connectivity index is 1.71. The van der Waals surface area contributed by atoms with E-state index in [-0.39, 0.29) is 11.7 Å². The van der Waals surface area contributed by atoms with Gasteiger partial charge >= 0.3 is 0 Å². The molecule has 1 atom stereocenters. The van der Waals surface area contributed by atoms with Gasteiger partial charge in [0.15, 0.2) is 0 Å². The second-order valence-corrected chi connectivity index (χ2v) is 7.49. The Labute approximate surface area is 162 Å². The predicted octanol–water partition coefficient (Wildman–Crippen LogP) is 7.29. The molecule has 0 aromatic heterocycles. The largest absolute Gasteiger partial charge is 0.207 e. The van der Waals surface area contributed by atoms with Gasteiger partial charge in [-0.25, -0.2) is 4.39 Å². The van der Waals surface area contributed by atoms with Crippen molar-refractivity contribution in [3.63, 3.8) is 0 Å². The SMILES string of the molecule is Fc1cccc2c1C(c1cccc3cc4ccccc4cc13)c1ccccc1-2. The molecule has 0 N–H and O–H groups in total. The lowest BCUT2D eigenvalue weighted by molar-refractivity contribution is 0.610. The molecule has 1 aliphatic carbocycles. The van der Waals surface area contributed by atoms with Crippen molar-refractivity contribution in [2.24, 2.45) is 0 Å². The van der Waals surface area contributed by atoms with Crippen molar-refractivity contribution in [3.05, 3.63) is 120 Å². The van der Waals surface area contributed by atoms with E-state index >= 15 is 4.39 Å². The highest BCUT2D eigenvalue weighted by Gasteiger charge is 2.33. The van der Waals surface area contributed by atoms with Crippen LogP contribution in [0, 0.1) is 5.82 Å². The highest BCUT2D eigenvalue weighted by molar-refractivity contribution is 6.00. The molecular weight excluding hydrogens is 343 g/mol. The van der Waals surface area contributed by atoms with Gasteiger partial charge in [0.2, 0.25) is 0 Å². The molecule has 0 radical (unpaired) electrons. The van der Waals surface area contributed by atoms with Gasteiger partial charge in [0.05, 0.1) is 0 Å². The zero-order valence-electron chi connectivity index (χ0n) is 15.2. The summed E-state index contributed by atoms with van der Waals surface area (Å²) in [5.41, 5.74) is 5.30. The van der Waals surface area contributed by atoms with E-state index in [1.807, 2.05) is 18.2 Å². The van der Waals surface area contributed by atoms with Gasteiger partial charge in [0.25, 0.3) is 0 Å². The topological polar surface area (TPSA) is 0 Å². The van der Waals surface area contributed by atoms with Gasteiger partial charge in [-0.3, -0.25) is 0 Å². The normalized spacial score (nSPS) is 15.0. The van der Waals surface area contributed by atoms with E-state index in [1.165, 1.54) is 32.7 Å². The van der Waals surface area contributed by atoms with Crippen LogP contribution in [0.25, 0.3) is 32.7 Å². The van der Waals surface area contributed by atoms with Crippen molar-refractivity contribution in [2.75, 3.05) is 0 Å². The molecule has 132 valence electrons. The van der Waals surface area contributed by atoms with E-state index < -0.39 is 0 Å². The lowest BCUT2D eigenvalue weighted by Gasteiger charge is -2.18. The van der Waals surface area contributed by atoms with E-state index in [2.05, 4.69) is 72.8 Å². The number of hydrogen-bond acceptors (Lipinski definition) is 0. The van der Waals surface area contributed by atoms with Crippen LogP contribution in [0.5, 0.6) is 0 Å². The van der Waals surface area contributed by atoms with Crippen molar-refractivity contribution >= 4 is 21.5 Å². The second-order valence-electron chi connectivity index (χ2n) is 7.49. The first-order valence-electron chi connectivity index (χ1n) is 9.60. The van der Waals surface area contributed by atoms with Gasteiger partial charge in [0, 0.05) is 11.5 Å². The molecule has 6 rings (SSSR count). The summed E-state index contributed by atoms with van der Waals surface area (Å²) in [6.07, 6.45) is 0. The Morgan fingerprint density at radius 2 is 1.18 bits per heavy atom. The first-order chi connectivity index (χ1) is 13.8. The second kappa shape index (κ2) is 5.77. The molecule has 0 saturated heterocycles. The van der Waals surface area contributed by atoms with Gasteiger partial charge in [-0.2, -0.15) is 0 Å². The Morgan fingerprint density at radius 3 is 2.07 bits per heavy atom. The highest BCUT2D eigenvalue weighted by Crippen LogP contribution is 2.50. The number of hydrogen-bond donors (Lipinski definition) is 0. The van der Waals surface area contributed by atoms with Crippen LogP contribution >= 0.6 is 0 Å². The van der Waals surface area contributed by atoms with Gasteiger partial charge in [-0.1, -0.05) is 78.9 Å². The first kappa shape index (κ1) is 15.6. The van der Waals surface area contributed by atoms with Gasteiger partial charge in [-0.15, -0.1) is 0 Å². The molecule has 0 aliphatic heterocycles. The van der Waals surface area contributed by atoms with Crippen LogP contribution in [0.15, 0.2) is 97.1 Å². The Bertz CT molecular complexity index is 1380. The number of fused-ring (bicyclic) bond motifs is 5. The standard InChI is InChI=1S/C27H17F/c28-25-14-6-13-22-20-10-3-4-11-21(20)26(27(22)25)23-12-5-9-19-15-17-7-1-2-8-18(17)16-24(19)23/h1-16,26H. The molecule has 1 unspecified atom stereocenters. The minimum absolute atomic E-state index is 0.0859. The van der Waals surface area contributed by atoms with Crippen molar-refractivity contribution in [1.82, 2.24) is 0 Å². The Kier molecular flexibility index (Phi) is 3.21. The van der Waals surface area contributed by atoms with E-state index in [0.717, 1.165) is 16.7 Å². The molecule has 28 heavy (non-hydrogen) atoms. The number of benzene rings is 5. The molecule has 1 aliphatic rings. The van der Waals surface area contributed by atoms with Crippen LogP contribution in [0.4, 0.5) is 4.39 Å². The van der Waals surface area contributed by atoms with Crippen LogP contribution in [-0.4, -0.2) is 0 Å². The number of rotatable bonds is 1. The minimum atomic E-state index is -0.128. The molecule has 0 bridgehead atoms. The van der Waals surface area contributed by atoms with Crippen molar-refractivity contribution in [3.8, 4) is 11.1 Å². The predicted molar refractivity (Wildman–Crippen MR) is 114 cm³/mol. The Morgan fingerprint density at radius 1 is 0.536 bits per heavy atom. The summed E-state index contributed by atoms with van der Waals surface area (Å²) in [7, 11) is 0.